The molecule has 0 fully saturated rings. The van der Waals surface area contributed by atoms with Crippen LogP contribution in [0, 0.1) is 0 Å². The smallest absolute Gasteiger partial charge is 0.362 e. The number of oxime groups is 1. The van der Waals surface area contributed by atoms with Gasteiger partial charge in [0.25, 0.3) is 0 Å². The molecule has 1 aromatic heterocycles. The van der Waals surface area contributed by atoms with E-state index in [1.165, 1.54) is 56.0 Å². The molecular weight excluding hydrogens is 322 g/mol. The van der Waals surface area contributed by atoms with Crippen LogP contribution < -0.4 is 0 Å². The van der Waals surface area contributed by atoms with Crippen molar-refractivity contribution < 1.29 is 14.7 Å². The molecule has 0 radical (unpaired) electrons. The Hall–Kier alpha value is -1.99. The molecule has 0 saturated heterocycles. The molecule has 8 heteroatoms. The highest BCUT2D eigenvalue weighted by Crippen LogP contribution is 2.11. The highest BCUT2D eigenvalue weighted by Gasteiger charge is 2.21. The van der Waals surface area contributed by atoms with Gasteiger partial charge in [0.2, 0.25) is 11.5 Å². The predicted molar refractivity (Wildman–Crippen MR) is 95.5 cm³/mol. The summed E-state index contributed by atoms with van der Waals surface area (Å²) in [6, 6.07) is 0. The van der Waals surface area contributed by atoms with Gasteiger partial charge in [-0.25, -0.2) is 9.48 Å². The van der Waals surface area contributed by atoms with Crippen molar-refractivity contribution in [1.29, 1.82) is 0 Å². The van der Waals surface area contributed by atoms with E-state index in [-0.39, 0.29) is 18.1 Å². The van der Waals surface area contributed by atoms with Gasteiger partial charge >= 0.3 is 5.97 Å². The Morgan fingerprint density at radius 3 is 2.20 bits per heavy atom. The fourth-order valence-electron chi connectivity index (χ4n) is 2.58. The summed E-state index contributed by atoms with van der Waals surface area (Å²) in [4.78, 5) is 16.1. The molecular formula is C17H31N5O3. The van der Waals surface area contributed by atoms with Crippen LogP contribution in [0.3, 0.4) is 0 Å². The number of aliphatic carboxylic acids is 1. The van der Waals surface area contributed by atoms with Crippen LogP contribution in [0.5, 0.6) is 0 Å². The quantitative estimate of drug-likeness (QED) is 0.294. The van der Waals surface area contributed by atoms with Gasteiger partial charge in [-0.3, -0.25) is 0 Å². The van der Waals surface area contributed by atoms with Crippen molar-refractivity contribution in [3.8, 4) is 0 Å². The molecule has 0 unspecified atom stereocenters. The van der Waals surface area contributed by atoms with Crippen molar-refractivity contribution in [2.75, 3.05) is 6.61 Å². The lowest BCUT2D eigenvalue weighted by molar-refractivity contribution is -0.129. The summed E-state index contributed by atoms with van der Waals surface area (Å²) in [5.41, 5.74) is -0.265. The van der Waals surface area contributed by atoms with E-state index in [4.69, 9.17) is 4.84 Å². The highest BCUT2D eigenvalue weighted by atomic mass is 16.6. The number of carbonyl (C=O) groups is 1. The van der Waals surface area contributed by atoms with Crippen LogP contribution in [0.1, 0.15) is 83.9 Å². The zero-order valence-corrected chi connectivity index (χ0v) is 15.5. The molecule has 0 saturated carbocycles. The van der Waals surface area contributed by atoms with Crippen molar-refractivity contribution in [1.82, 2.24) is 20.2 Å². The summed E-state index contributed by atoms with van der Waals surface area (Å²) in [6.45, 7) is 4.84. The second-order valence-corrected chi connectivity index (χ2v) is 6.07. The number of rotatable bonds is 15. The number of carboxylic acid groups (broad SMARTS) is 1. The van der Waals surface area contributed by atoms with E-state index in [1.807, 2.05) is 0 Å². The average molecular weight is 353 g/mol. The zero-order chi connectivity index (χ0) is 18.3. The van der Waals surface area contributed by atoms with Gasteiger partial charge in [0.05, 0.1) is 0 Å². The predicted octanol–water partition coefficient (Wildman–Crippen LogP) is 3.42. The number of nitrogens with zero attached hydrogens (tertiary/aromatic N) is 5. The summed E-state index contributed by atoms with van der Waals surface area (Å²) < 4.78 is 1.48. The summed E-state index contributed by atoms with van der Waals surface area (Å²) >= 11 is 0. The SMILES string of the molecule is CCCCCCCCCCCCn1nnnc1C(=NOCC)C(=O)O. The fourth-order valence-corrected chi connectivity index (χ4v) is 2.58. The Morgan fingerprint density at radius 2 is 1.64 bits per heavy atom. The summed E-state index contributed by atoms with van der Waals surface area (Å²) in [5.74, 6) is -1.07. The van der Waals surface area contributed by atoms with E-state index in [9.17, 15) is 9.90 Å². The minimum atomic E-state index is -1.20. The maximum atomic E-state index is 11.3. The minimum absolute atomic E-state index is 0.136. The molecule has 1 heterocycles. The van der Waals surface area contributed by atoms with Crippen molar-refractivity contribution >= 4 is 11.7 Å². The Morgan fingerprint density at radius 1 is 1.04 bits per heavy atom. The first-order chi connectivity index (χ1) is 12.2. The summed E-state index contributed by atoms with van der Waals surface area (Å²) in [7, 11) is 0. The molecule has 1 rings (SSSR count). The molecule has 0 aliphatic carbocycles. The molecule has 25 heavy (non-hydrogen) atoms. The van der Waals surface area contributed by atoms with Gasteiger partial charge in [-0.1, -0.05) is 69.9 Å². The van der Waals surface area contributed by atoms with Gasteiger partial charge in [-0.15, -0.1) is 5.10 Å². The van der Waals surface area contributed by atoms with Gasteiger partial charge in [0.1, 0.15) is 6.61 Å². The first-order valence-electron chi connectivity index (χ1n) is 9.40. The molecule has 1 aromatic rings. The van der Waals surface area contributed by atoms with Gasteiger partial charge in [0.15, 0.2) is 0 Å². The molecule has 1 N–H and O–H groups in total. The molecule has 0 aliphatic heterocycles. The second-order valence-electron chi connectivity index (χ2n) is 6.07. The molecule has 0 aromatic carbocycles. The topological polar surface area (TPSA) is 102 Å². The third-order valence-corrected chi connectivity index (χ3v) is 3.95. The third kappa shape index (κ3) is 8.60. The molecule has 0 spiro atoms. The van der Waals surface area contributed by atoms with E-state index in [0.717, 1.165) is 12.8 Å². The Kier molecular flexibility index (Phi) is 11.2. The lowest BCUT2D eigenvalue weighted by Crippen LogP contribution is -2.21. The number of tetrazole rings is 1. The van der Waals surface area contributed by atoms with Crippen LogP contribution in [0.15, 0.2) is 5.16 Å². The van der Waals surface area contributed by atoms with Crippen molar-refractivity contribution in [2.45, 2.75) is 84.6 Å². The first kappa shape index (κ1) is 21.1. The maximum Gasteiger partial charge on any atom is 0.362 e. The third-order valence-electron chi connectivity index (χ3n) is 3.95. The van der Waals surface area contributed by atoms with E-state index in [1.54, 1.807) is 6.92 Å². The van der Waals surface area contributed by atoms with Crippen LogP contribution in [0.2, 0.25) is 0 Å². The molecule has 142 valence electrons. The number of carboxylic acids is 1. The summed E-state index contributed by atoms with van der Waals surface area (Å²) in [5, 5.41) is 24.0. The van der Waals surface area contributed by atoms with Gasteiger partial charge in [-0.05, 0) is 23.8 Å². The van der Waals surface area contributed by atoms with Crippen LogP contribution in [-0.4, -0.2) is 43.6 Å². The average Bonchev–Trinajstić information content (AvgIpc) is 3.05. The normalized spacial score (nSPS) is 11.7. The highest BCUT2D eigenvalue weighted by molar-refractivity contribution is 6.41. The summed E-state index contributed by atoms with van der Waals surface area (Å²) in [6.07, 6.45) is 12.4. The van der Waals surface area contributed by atoms with E-state index in [2.05, 4.69) is 27.6 Å². The minimum Gasteiger partial charge on any atom is -0.476 e. The number of aryl methyl sites for hydroxylation is 1. The number of aromatic nitrogens is 4. The van der Waals surface area contributed by atoms with Gasteiger partial charge in [0, 0.05) is 6.54 Å². The van der Waals surface area contributed by atoms with Crippen LogP contribution in [-0.2, 0) is 16.2 Å². The molecule has 0 amide bonds. The zero-order valence-electron chi connectivity index (χ0n) is 15.5. The van der Waals surface area contributed by atoms with Gasteiger partial charge < -0.3 is 9.94 Å². The van der Waals surface area contributed by atoms with Crippen molar-refractivity contribution in [3.63, 3.8) is 0 Å². The number of hydrogen-bond acceptors (Lipinski definition) is 6. The standard InChI is InChI=1S/C17H31N5O3/c1-3-5-6-7-8-9-10-11-12-13-14-22-16(18-20-21-22)15(17(23)24)19-25-4-2/h3-14H2,1-2H3,(H,23,24). The number of unbranched alkanes of at least 4 members (excludes halogenated alkanes) is 9. The van der Waals surface area contributed by atoms with Crippen LogP contribution in [0.4, 0.5) is 0 Å². The largest absolute Gasteiger partial charge is 0.476 e. The van der Waals surface area contributed by atoms with E-state index in [0.29, 0.717) is 6.54 Å². The van der Waals surface area contributed by atoms with Crippen LogP contribution in [0.25, 0.3) is 0 Å². The molecule has 8 nitrogen and oxygen atoms in total. The molecule has 0 bridgehead atoms. The number of hydrogen-bond donors (Lipinski definition) is 1. The van der Waals surface area contributed by atoms with Crippen molar-refractivity contribution in [3.05, 3.63) is 5.82 Å². The maximum absolute atomic E-state index is 11.3. The Bertz CT molecular complexity index is 516. The monoisotopic (exact) mass is 353 g/mol. The lowest BCUT2D eigenvalue weighted by atomic mass is 10.1. The molecule has 0 atom stereocenters. The lowest BCUT2D eigenvalue weighted by Gasteiger charge is -2.05. The Balaban J connectivity index is 2.28. The van der Waals surface area contributed by atoms with Crippen LogP contribution >= 0.6 is 0 Å². The Labute approximate surface area is 149 Å². The van der Waals surface area contributed by atoms with E-state index < -0.39 is 5.97 Å². The first-order valence-corrected chi connectivity index (χ1v) is 9.40. The second kappa shape index (κ2) is 13.3. The van der Waals surface area contributed by atoms with Gasteiger partial charge in [-0.2, -0.15) is 0 Å². The fraction of sp³-hybridized carbons (Fsp3) is 0.824. The molecule has 0 aliphatic rings. The van der Waals surface area contributed by atoms with E-state index >= 15 is 0 Å². The van der Waals surface area contributed by atoms with Crippen molar-refractivity contribution in [2.24, 2.45) is 5.16 Å².